The molecule has 0 bridgehead atoms. The highest BCUT2D eigenvalue weighted by atomic mass is 16.5. The number of allylic oxidation sites excluding steroid dienone is 2. The fourth-order valence-corrected chi connectivity index (χ4v) is 5.87. The molecule has 2 aromatic heterocycles. The van der Waals surface area contributed by atoms with Crippen molar-refractivity contribution in [3.8, 4) is 34.1 Å². The van der Waals surface area contributed by atoms with Crippen molar-refractivity contribution >= 4 is 32.4 Å². The van der Waals surface area contributed by atoms with Crippen molar-refractivity contribution in [3.63, 3.8) is 0 Å². The Morgan fingerprint density at radius 1 is 0.435 bits per heavy atom. The first-order valence-electron chi connectivity index (χ1n) is 15.8. The summed E-state index contributed by atoms with van der Waals surface area (Å²) in [6, 6.07) is 45.3. The summed E-state index contributed by atoms with van der Waals surface area (Å²) in [5, 5.41) is 6.07. The maximum Gasteiger partial charge on any atom is 0.213 e. The van der Waals surface area contributed by atoms with Crippen LogP contribution in [0.4, 0.5) is 0 Å². The maximum atomic E-state index is 5.27. The maximum absolute atomic E-state index is 5.27. The van der Waals surface area contributed by atoms with Gasteiger partial charge in [-0.3, -0.25) is 0 Å². The lowest BCUT2D eigenvalue weighted by atomic mass is 9.97. The van der Waals surface area contributed by atoms with E-state index in [9.17, 15) is 0 Å². The van der Waals surface area contributed by atoms with E-state index in [1.807, 2.05) is 54.6 Å². The SMILES string of the molecule is C1=CCCCC1.COc1ccc2c3ccccc3c3ccccc3c2n1.COc1cccc(-c2ccccc2-c2ccccc2)n1. The Balaban J connectivity index is 0.000000137. The lowest BCUT2D eigenvalue weighted by Crippen LogP contribution is -1.91. The monoisotopic (exact) mass is 602 g/mol. The summed E-state index contributed by atoms with van der Waals surface area (Å²) in [5.74, 6) is 1.28. The molecule has 0 aliphatic heterocycles. The molecular weight excluding hydrogens is 564 g/mol. The van der Waals surface area contributed by atoms with Crippen molar-refractivity contribution in [1.29, 1.82) is 0 Å². The second-order valence-corrected chi connectivity index (χ2v) is 11.1. The molecule has 1 aliphatic rings. The smallest absolute Gasteiger partial charge is 0.213 e. The average Bonchev–Trinajstić information content (AvgIpc) is 3.16. The minimum absolute atomic E-state index is 0.630. The Labute approximate surface area is 271 Å². The molecule has 0 unspecified atom stereocenters. The van der Waals surface area contributed by atoms with Crippen LogP contribution in [0.3, 0.4) is 0 Å². The highest BCUT2D eigenvalue weighted by molar-refractivity contribution is 6.24. The molecular formula is C42H38N2O2. The van der Waals surface area contributed by atoms with Crippen LogP contribution < -0.4 is 9.47 Å². The predicted molar refractivity (Wildman–Crippen MR) is 193 cm³/mol. The molecule has 0 radical (unpaired) electrons. The van der Waals surface area contributed by atoms with E-state index in [4.69, 9.17) is 9.47 Å². The third-order valence-electron chi connectivity index (χ3n) is 8.15. The Hall–Kier alpha value is -5.48. The first-order chi connectivity index (χ1) is 22.8. The van der Waals surface area contributed by atoms with Crippen molar-refractivity contribution in [2.75, 3.05) is 14.2 Å². The summed E-state index contributed by atoms with van der Waals surface area (Å²) >= 11 is 0. The fraction of sp³-hybridized carbons (Fsp3) is 0.143. The second-order valence-electron chi connectivity index (χ2n) is 11.1. The number of hydrogen-bond donors (Lipinski definition) is 0. The summed E-state index contributed by atoms with van der Waals surface area (Å²) < 4.78 is 10.5. The van der Waals surface area contributed by atoms with E-state index in [0.29, 0.717) is 11.8 Å². The van der Waals surface area contributed by atoms with Crippen LogP contribution in [0.25, 0.3) is 54.8 Å². The van der Waals surface area contributed by atoms with Gasteiger partial charge in [-0.05, 0) is 65.1 Å². The standard InChI is InChI=1S/C18H13NO.C18H15NO.C6H10/c1-20-17-11-10-16-14-8-3-2-6-12(14)13-7-4-5-9-15(13)18(16)19-17;1-20-18-13-7-12-17(19-18)16-11-6-5-10-15(16)14-8-3-2-4-9-14;1-2-4-6-5-3-1/h2-11H,1H3;2-13H,1H3;1-2H,3-6H2. The van der Waals surface area contributed by atoms with Gasteiger partial charge in [0.25, 0.3) is 0 Å². The molecule has 228 valence electrons. The van der Waals surface area contributed by atoms with Gasteiger partial charge in [-0.2, -0.15) is 0 Å². The number of nitrogens with zero attached hydrogens (tertiary/aromatic N) is 2. The first kappa shape index (κ1) is 30.5. The van der Waals surface area contributed by atoms with Gasteiger partial charge in [0.1, 0.15) is 0 Å². The van der Waals surface area contributed by atoms with Gasteiger partial charge in [-0.15, -0.1) is 0 Å². The van der Waals surface area contributed by atoms with Crippen molar-refractivity contribution in [1.82, 2.24) is 9.97 Å². The summed E-state index contributed by atoms with van der Waals surface area (Å²) in [6.45, 7) is 0. The number of ether oxygens (including phenoxy) is 2. The largest absolute Gasteiger partial charge is 0.481 e. The van der Waals surface area contributed by atoms with E-state index in [-0.39, 0.29) is 0 Å². The molecule has 0 saturated heterocycles. The molecule has 0 atom stereocenters. The van der Waals surface area contributed by atoms with Crippen LogP contribution in [0.5, 0.6) is 11.8 Å². The van der Waals surface area contributed by atoms with Crippen LogP contribution >= 0.6 is 0 Å². The van der Waals surface area contributed by atoms with Crippen molar-refractivity contribution in [3.05, 3.63) is 146 Å². The van der Waals surface area contributed by atoms with E-state index in [1.54, 1.807) is 14.2 Å². The van der Waals surface area contributed by atoms with Crippen LogP contribution in [0.1, 0.15) is 25.7 Å². The third kappa shape index (κ3) is 6.92. The van der Waals surface area contributed by atoms with E-state index in [2.05, 4.69) is 101 Å². The number of benzene rings is 5. The molecule has 1 aliphatic carbocycles. The average molecular weight is 603 g/mol. The number of aromatic nitrogens is 2. The topological polar surface area (TPSA) is 44.2 Å². The molecule has 0 saturated carbocycles. The number of hydrogen-bond acceptors (Lipinski definition) is 4. The highest BCUT2D eigenvalue weighted by Crippen LogP contribution is 2.35. The molecule has 8 rings (SSSR count). The van der Waals surface area contributed by atoms with Crippen LogP contribution in [0.2, 0.25) is 0 Å². The van der Waals surface area contributed by atoms with E-state index >= 15 is 0 Å². The third-order valence-corrected chi connectivity index (χ3v) is 8.15. The first-order valence-corrected chi connectivity index (χ1v) is 15.8. The van der Waals surface area contributed by atoms with E-state index in [0.717, 1.165) is 16.8 Å². The van der Waals surface area contributed by atoms with Gasteiger partial charge in [0.15, 0.2) is 0 Å². The van der Waals surface area contributed by atoms with Gasteiger partial charge in [0.05, 0.1) is 25.4 Å². The van der Waals surface area contributed by atoms with Crippen LogP contribution in [-0.2, 0) is 0 Å². The number of fused-ring (bicyclic) bond motifs is 6. The van der Waals surface area contributed by atoms with Crippen molar-refractivity contribution < 1.29 is 9.47 Å². The minimum atomic E-state index is 0.630. The molecule has 0 fully saturated rings. The Kier molecular flexibility index (Phi) is 9.96. The lowest BCUT2D eigenvalue weighted by molar-refractivity contribution is 0.398. The molecule has 4 nitrogen and oxygen atoms in total. The highest BCUT2D eigenvalue weighted by Gasteiger charge is 2.10. The van der Waals surface area contributed by atoms with Gasteiger partial charge in [0.2, 0.25) is 11.8 Å². The van der Waals surface area contributed by atoms with Gasteiger partial charge < -0.3 is 9.47 Å². The second kappa shape index (κ2) is 15.0. The van der Waals surface area contributed by atoms with Gasteiger partial charge in [0, 0.05) is 28.5 Å². The molecule has 0 N–H and O–H groups in total. The quantitative estimate of drug-likeness (QED) is 0.148. The minimum Gasteiger partial charge on any atom is -0.481 e. The van der Waals surface area contributed by atoms with Crippen molar-refractivity contribution in [2.45, 2.75) is 25.7 Å². The molecule has 5 aromatic carbocycles. The molecule has 0 amide bonds. The predicted octanol–water partition coefficient (Wildman–Crippen LogP) is 11.1. The van der Waals surface area contributed by atoms with Crippen LogP contribution in [-0.4, -0.2) is 24.2 Å². The summed E-state index contributed by atoms with van der Waals surface area (Å²) in [5.41, 5.74) is 5.39. The summed E-state index contributed by atoms with van der Waals surface area (Å²) in [4.78, 5) is 9.18. The zero-order valence-corrected chi connectivity index (χ0v) is 26.4. The number of methoxy groups -OCH3 is 2. The van der Waals surface area contributed by atoms with E-state index < -0.39 is 0 Å². The Bertz CT molecular complexity index is 2040. The molecule has 0 spiro atoms. The molecule has 7 aromatic rings. The van der Waals surface area contributed by atoms with Crippen LogP contribution in [0.15, 0.2) is 146 Å². The Morgan fingerprint density at radius 3 is 1.57 bits per heavy atom. The molecule has 2 heterocycles. The number of pyridine rings is 2. The Morgan fingerprint density at radius 2 is 0.957 bits per heavy atom. The van der Waals surface area contributed by atoms with Gasteiger partial charge in [-0.25, -0.2) is 9.97 Å². The normalized spacial score (nSPS) is 12.1. The van der Waals surface area contributed by atoms with Crippen molar-refractivity contribution in [2.24, 2.45) is 0 Å². The lowest BCUT2D eigenvalue weighted by Gasteiger charge is -2.10. The molecule has 46 heavy (non-hydrogen) atoms. The van der Waals surface area contributed by atoms with Gasteiger partial charge >= 0.3 is 0 Å². The fourth-order valence-electron chi connectivity index (χ4n) is 5.87. The zero-order chi connectivity index (χ0) is 31.6. The summed E-state index contributed by atoms with van der Waals surface area (Å²) in [6.07, 6.45) is 10.0. The molecule has 4 heteroatoms. The number of rotatable bonds is 4. The van der Waals surface area contributed by atoms with E-state index in [1.165, 1.54) is 63.7 Å². The van der Waals surface area contributed by atoms with Gasteiger partial charge in [-0.1, -0.05) is 121 Å². The summed E-state index contributed by atoms with van der Waals surface area (Å²) in [7, 11) is 3.28. The zero-order valence-electron chi connectivity index (χ0n) is 26.4. The van der Waals surface area contributed by atoms with Crippen LogP contribution in [0, 0.1) is 0 Å².